The molecule has 1 atom stereocenters. The number of carbonyl (C=O) groups is 1. The van der Waals surface area contributed by atoms with E-state index in [0.29, 0.717) is 13.0 Å². The van der Waals surface area contributed by atoms with Crippen LogP contribution in [-0.2, 0) is 9.53 Å². The zero-order chi connectivity index (χ0) is 20.0. The third-order valence-electron chi connectivity index (χ3n) is 5.71. The van der Waals surface area contributed by atoms with Gasteiger partial charge in [-0.05, 0) is 18.8 Å². The van der Waals surface area contributed by atoms with Crippen molar-refractivity contribution in [3.63, 3.8) is 0 Å². The molecule has 162 valence electrons. The molecule has 0 N–H and O–H groups in total. The molecule has 0 aromatic carbocycles. The molecule has 0 rings (SSSR count). The predicted octanol–water partition coefficient (Wildman–Crippen LogP) is 8.62. The van der Waals surface area contributed by atoms with Crippen LogP contribution < -0.4 is 0 Å². The molecule has 0 aliphatic rings. The summed E-state index contributed by atoms with van der Waals surface area (Å²) in [7, 11) is 0. The van der Waals surface area contributed by atoms with Crippen molar-refractivity contribution in [2.45, 2.75) is 143 Å². The highest BCUT2D eigenvalue weighted by atomic mass is 16.5. The van der Waals surface area contributed by atoms with Crippen LogP contribution >= 0.6 is 0 Å². The second-order valence-corrected chi connectivity index (χ2v) is 8.45. The third-order valence-corrected chi connectivity index (χ3v) is 5.71. The quantitative estimate of drug-likeness (QED) is 0.147. The maximum Gasteiger partial charge on any atom is 0.305 e. The van der Waals surface area contributed by atoms with Gasteiger partial charge in [-0.3, -0.25) is 4.79 Å². The van der Waals surface area contributed by atoms with Crippen LogP contribution in [0.25, 0.3) is 0 Å². The molecule has 0 spiro atoms. The summed E-state index contributed by atoms with van der Waals surface area (Å²) < 4.78 is 5.53. The lowest BCUT2D eigenvalue weighted by molar-refractivity contribution is -0.144. The van der Waals surface area contributed by atoms with E-state index in [4.69, 9.17) is 4.74 Å². The Kier molecular flexibility index (Phi) is 21.3. The van der Waals surface area contributed by atoms with Gasteiger partial charge in [-0.25, -0.2) is 0 Å². The van der Waals surface area contributed by atoms with Crippen molar-refractivity contribution in [2.24, 2.45) is 5.92 Å². The van der Waals surface area contributed by atoms with E-state index in [1.54, 1.807) is 0 Å². The van der Waals surface area contributed by atoms with Crippen LogP contribution in [0.15, 0.2) is 0 Å². The molecule has 0 aliphatic heterocycles. The van der Waals surface area contributed by atoms with Crippen molar-refractivity contribution in [1.29, 1.82) is 0 Å². The highest BCUT2D eigenvalue weighted by Gasteiger charge is 2.10. The van der Waals surface area contributed by atoms with Crippen LogP contribution in [0.1, 0.15) is 143 Å². The van der Waals surface area contributed by atoms with Gasteiger partial charge in [0.05, 0.1) is 6.61 Å². The molecule has 0 amide bonds. The molecular weight excluding hydrogens is 332 g/mol. The molecular formula is C25H50O2. The minimum absolute atomic E-state index is 0.0239. The summed E-state index contributed by atoms with van der Waals surface area (Å²) in [6, 6.07) is 0. The van der Waals surface area contributed by atoms with Gasteiger partial charge >= 0.3 is 5.97 Å². The lowest BCUT2D eigenvalue weighted by Gasteiger charge is -2.17. The van der Waals surface area contributed by atoms with Crippen LogP contribution in [0.4, 0.5) is 0 Å². The van der Waals surface area contributed by atoms with Gasteiger partial charge in [0.15, 0.2) is 0 Å². The summed E-state index contributed by atoms with van der Waals surface area (Å²) in [6.45, 7) is 7.41. The third kappa shape index (κ3) is 20.0. The standard InChI is InChI=1S/C25H50O2/c1-4-7-10-13-15-17-20-24(19-16-12-9-6-3)22-23-27-25(26)21-18-14-11-8-5-2/h24H,4-23H2,1-3H3. The molecule has 0 aromatic heterocycles. The number of hydrogen-bond acceptors (Lipinski definition) is 2. The smallest absolute Gasteiger partial charge is 0.305 e. The Morgan fingerprint density at radius 1 is 0.593 bits per heavy atom. The number of hydrogen-bond donors (Lipinski definition) is 0. The van der Waals surface area contributed by atoms with Gasteiger partial charge in [-0.2, -0.15) is 0 Å². The minimum atomic E-state index is 0.0239. The number of esters is 1. The van der Waals surface area contributed by atoms with Crippen molar-refractivity contribution < 1.29 is 9.53 Å². The van der Waals surface area contributed by atoms with E-state index < -0.39 is 0 Å². The summed E-state index contributed by atoms with van der Waals surface area (Å²) in [6.07, 6.45) is 23.9. The summed E-state index contributed by atoms with van der Waals surface area (Å²) >= 11 is 0. The predicted molar refractivity (Wildman–Crippen MR) is 119 cm³/mol. The molecule has 1 unspecified atom stereocenters. The van der Waals surface area contributed by atoms with Crippen LogP contribution in [0.5, 0.6) is 0 Å². The van der Waals surface area contributed by atoms with E-state index >= 15 is 0 Å². The SMILES string of the molecule is CCCCCCCCC(CCCCCC)CCOC(=O)CCCCCCC. The lowest BCUT2D eigenvalue weighted by atomic mass is 9.92. The van der Waals surface area contributed by atoms with Gasteiger partial charge in [-0.1, -0.05) is 124 Å². The van der Waals surface area contributed by atoms with E-state index in [1.165, 1.54) is 103 Å². The van der Waals surface area contributed by atoms with Gasteiger partial charge in [0.25, 0.3) is 0 Å². The molecule has 0 bridgehead atoms. The van der Waals surface area contributed by atoms with E-state index in [9.17, 15) is 4.79 Å². The second-order valence-electron chi connectivity index (χ2n) is 8.45. The normalized spacial score (nSPS) is 12.3. The lowest BCUT2D eigenvalue weighted by Crippen LogP contribution is -2.10. The molecule has 0 radical (unpaired) electrons. The van der Waals surface area contributed by atoms with Gasteiger partial charge < -0.3 is 4.74 Å². The largest absolute Gasteiger partial charge is 0.466 e. The number of carbonyl (C=O) groups excluding carboxylic acids is 1. The summed E-state index contributed by atoms with van der Waals surface area (Å²) in [5.74, 6) is 0.779. The molecule has 0 aromatic rings. The topological polar surface area (TPSA) is 26.3 Å². The Morgan fingerprint density at radius 2 is 1.04 bits per heavy atom. The highest BCUT2D eigenvalue weighted by molar-refractivity contribution is 5.69. The van der Waals surface area contributed by atoms with Crippen molar-refractivity contribution in [3.05, 3.63) is 0 Å². The van der Waals surface area contributed by atoms with E-state index in [2.05, 4.69) is 20.8 Å². The van der Waals surface area contributed by atoms with E-state index in [0.717, 1.165) is 18.8 Å². The first kappa shape index (κ1) is 26.5. The molecule has 0 heterocycles. The van der Waals surface area contributed by atoms with E-state index in [-0.39, 0.29) is 5.97 Å². The van der Waals surface area contributed by atoms with Crippen LogP contribution in [0.3, 0.4) is 0 Å². The van der Waals surface area contributed by atoms with Gasteiger partial charge in [0, 0.05) is 6.42 Å². The Morgan fingerprint density at radius 3 is 1.59 bits per heavy atom. The van der Waals surface area contributed by atoms with Gasteiger partial charge in [-0.15, -0.1) is 0 Å². The molecule has 2 nitrogen and oxygen atoms in total. The zero-order valence-corrected chi connectivity index (χ0v) is 19.0. The number of ether oxygens (including phenoxy) is 1. The molecule has 0 saturated carbocycles. The fourth-order valence-corrected chi connectivity index (χ4v) is 3.79. The maximum absolute atomic E-state index is 11.9. The Hall–Kier alpha value is -0.530. The van der Waals surface area contributed by atoms with Crippen molar-refractivity contribution in [2.75, 3.05) is 6.61 Å². The van der Waals surface area contributed by atoms with Crippen LogP contribution in [0, 0.1) is 5.92 Å². The molecule has 0 saturated heterocycles. The van der Waals surface area contributed by atoms with Crippen molar-refractivity contribution in [1.82, 2.24) is 0 Å². The van der Waals surface area contributed by atoms with Crippen molar-refractivity contribution in [3.8, 4) is 0 Å². The average Bonchev–Trinajstić information content (AvgIpc) is 2.67. The van der Waals surface area contributed by atoms with Gasteiger partial charge in [0.1, 0.15) is 0 Å². The fraction of sp³-hybridized carbons (Fsp3) is 0.960. The highest BCUT2D eigenvalue weighted by Crippen LogP contribution is 2.22. The van der Waals surface area contributed by atoms with Gasteiger partial charge in [0.2, 0.25) is 0 Å². The molecule has 2 heteroatoms. The molecule has 0 aliphatic carbocycles. The summed E-state index contributed by atoms with van der Waals surface area (Å²) in [5, 5.41) is 0. The first-order chi connectivity index (χ1) is 13.2. The summed E-state index contributed by atoms with van der Waals surface area (Å²) in [4.78, 5) is 11.9. The minimum Gasteiger partial charge on any atom is -0.466 e. The first-order valence-corrected chi connectivity index (χ1v) is 12.4. The van der Waals surface area contributed by atoms with Crippen molar-refractivity contribution >= 4 is 5.97 Å². The van der Waals surface area contributed by atoms with Crippen LogP contribution in [-0.4, -0.2) is 12.6 Å². The monoisotopic (exact) mass is 382 g/mol. The maximum atomic E-state index is 11.9. The van der Waals surface area contributed by atoms with E-state index in [1.807, 2.05) is 0 Å². The first-order valence-electron chi connectivity index (χ1n) is 12.4. The summed E-state index contributed by atoms with van der Waals surface area (Å²) in [5.41, 5.74) is 0. The second kappa shape index (κ2) is 21.8. The Balaban J connectivity index is 3.87. The Labute approximate surface area is 171 Å². The molecule has 27 heavy (non-hydrogen) atoms. The average molecular weight is 383 g/mol. The van der Waals surface area contributed by atoms with Crippen LogP contribution in [0.2, 0.25) is 0 Å². The Bertz CT molecular complexity index is 301. The number of unbranched alkanes of at least 4 members (excludes halogenated alkanes) is 12. The fourth-order valence-electron chi connectivity index (χ4n) is 3.79. The zero-order valence-electron chi connectivity index (χ0n) is 19.0. The molecule has 0 fully saturated rings. The number of rotatable bonds is 21.